The maximum Gasteiger partial charge on any atom is 0.324 e. The number of phenols is 1. The van der Waals surface area contributed by atoms with Gasteiger partial charge in [-0.15, -0.1) is 0 Å². The van der Waals surface area contributed by atoms with Gasteiger partial charge in [-0.05, 0) is 18.6 Å². The third-order valence-electron chi connectivity index (χ3n) is 2.12. The van der Waals surface area contributed by atoms with Crippen LogP contribution < -0.4 is 11.2 Å². The number of nitrogens with two attached hydrogens (primary N) is 1. The van der Waals surface area contributed by atoms with Crippen molar-refractivity contribution in [2.45, 2.75) is 12.8 Å². The Labute approximate surface area is 98.3 Å². The van der Waals surface area contributed by atoms with Gasteiger partial charge in [-0.25, -0.2) is 0 Å². The molecule has 6 nitrogen and oxygen atoms in total. The van der Waals surface area contributed by atoms with E-state index in [1.807, 2.05) is 0 Å². The first-order valence-electron chi connectivity index (χ1n) is 5.11. The first-order valence-corrected chi connectivity index (χ1v) is 5.11. The molecule has 1 rings (SSSR count). The SMILES string of the molecule is NOC(=O)CCCNC(=O)c1ccccc1O. The quantitative estimate of drug-likeness (QED) is 0.506. The molecule has 4 N–H and O–H groups in total. The maximum atomic E-state index is 11.6. The lowest BCUT2D eigenvalue weighted by atomic mass is 10.2. The molecule has 0 fully saturated rings. The number of hydrogen-bond acceptors (Lipinski definition) is 5. The second-order valence-electron chi connectivity index (χ2n) is 3.37. The number of nitrogens with one attached hydrogen (secondary N) is 1. The van der Waals surface area contributed by atoms with E-state index in [4.69, 9.17) is 0 Å². The second kappa shape index (κ2) is 6.49. The summed E-state index contributed by atoms with van der Waals surface area (Å²) in [5, 5.41) is 12.0. The summed E-state index contributed by atoms with van der Waals surface area (Å²) in [6.07, 6.45) is 0.562. The van der Waals surface area contributed by atoms with Crippen LogP contribution in [-0.4, -0.2) is 23.5 Å². The van der Waals surface area contributed by atoms with E-state index in [9.17, 15) is 14.7 Å². The lowest BCUT2D eigenvalue weighted by Gasteiger charge is -2.05. The van der Waals surface area contributed by atoms with Gasteiger partial charge in [-0.3, -0.25) is 9.59 Å². The van der Waals surface area contributed by atoms with Crippen molar-refractivity contribution in [2.24, 2.45) is 5.90 Å². The molecular weight excluding hydrogens is 224 g/mol. The maximum absolute atomic E-state index is 11.6. The van der Waals surface area contributed by atoms with E-state index in [1.54, 1.807) is 12.1 Å². The number of benzene rings is 1. The molecule has 0 bridgehead atoms. The van der Waals surface area contributed by atoms with Crippen LogP contribution in [0.15, 0.2) is 24.3 Å². The molecule has 0 aromatic heterocycles. The van der Waals surface area contributed by atoms with Crippen LogP contribution in [0.2, 0.25) is 0 Å². The summed E-state index contributed by atoms with van der Waals surface area (Å²) in [7, 11) is 0. The van der Waals surface area contributed by atoms with Crippen molar-refractivity contribution < 1.29 is 19.5 Å². The first kappa shape index (κ1) is 13.0. The van der Waals surface area contributed by atoms with Crippen molar-refractivity contribution in [1.82, 2.24) is 5.32 Å². The molecule has 1 aromatic rings. The van der Waals surface area contributed by atoms with Crippen LogP contribution in [0.3, 0.4) is 0 Å². The monoisotopic (exact) mass is 238 g/mol. The van der Waals surface area contributed by atoms with Crippen molar-refractivity contribution in [3.63, 3.8) is 0 Å². The summed E-state index contributed by atoms with van der Waals surface area (Å²) in [5.74, 6) is 3.67. The standard InChI is InChI=1S/C11H14N2O4/c12-17-10(15)6-3-7-13-11(16)8-4-1-2-5-9(8)14/h1-2,4-5,14H,3,6-7,12H2,(H,13,16). The lowest BCUT2D eigenvalue weighted by Crippen LogP contribution is -2.25. The molecule has 0 spiro atoms. The van der Waals surface area contributed by atoms with Crippen LogP contribution in [0.1, 0.15) is 23.2 Å². The van der Waals surface area contributed by atoms with Gasteiger partial charge in [0.25, 0.3) is 5.91 Å². The predicted octanol–water partition coefficient (Wildman–Crippen LogP) is 0.319. The minimum atomic E-state index is -0.526. The summed E-state index contributed by atoms with van der Waals surface area (Å²) in [4.78, 5) is 26.2. The Morgan fingerprint density at radius 1 is 1.35 bits per heavy atom. The van der Waals surface area contributed by atoms with Crippen molar-refractivity contribution in [2.75, 3.05) is 6.54 Å². The molecule has 6 heteroatoms. The summed E-state index contributed by atoms with van der Waals surface area (Å²) < 4.78 is 0. The van der Waals surface area contributed by atoms with Crippen molar-refractivity contribution in [3.8, 4) is 5.75 Å². The molecule has 0 saturated heterocycles. The van der Waals surface area contributed by atoms with Gasteiger partial charge in [0.2, 0.25) is 0 Å². The number of para-hydroxylation sites is 1. The Kier molecular flexibility index (Phi) is 4.96. The molecule has 0 unspecified atom stereocenters. The third kappa shape index (κ3) is 4.12. The zero-order chi connectivity index (χ0) is 12.7. The van der Waals surface area contributed by atoms with E-state index < -0.39 is 5.97 Å². The summed E-state index contributed by atoms with van der Waals surface area (Å²) in [6.45, 7) is 0.308. The molecule has 0 aliphatic heterocycles. The minimum Gasteiger partial charge on any atom is -0.507 e. The Morgan fingerprint density at radius 2 is 2.06 bits per heavy atom. The molecule has 92 valence electrons. The average Bonchev–Trinajstić information content (AvgIpc) is 2.34. The third-order valence-corrected chi connectivity index (χ3v) is 2.12. The average molecular weight is 238 g/mol. The smallest absolute Gasteiger partial charge is 0.324 e. The van der Waals surface area contributed by atoms with E-state index in [0.717, 1.165) is 0 Å². The lowest BCUT2D eigenvalue weighted by molar-refractivity contribution is -0.144. The molecule has 0 radical (unpaired) electrons. The predicted molar refractivity (Wildman–Crippen MR) is 60.0 cm³/mol. The molecular formula is C11H14N2O4. The van der Waals surface area contributed by atoms with E-state index in [1.165, 1.54) is 12.1 Å². The molecule has 17 heavy (non-hydrogen) atoms. The molecule has 0 aliphatic carbocycles. The topological polar surface area (TPSA) is 102 Å². The number of aromatic hydroxyl groups is 1. The highest BCUT2D eigenvalue weighted by Crippen LogP contribution is 2.14. The van der Waals surface area contributed by atoms with E-state index in [0.29, 0.717) is 13.0 Å². The number of carbonyl (C=O) groups is 2. The van der Waals surface area contributed by atoms with Gasteiger partial charge in [0.05, 0.1) is 5.56 Å². The molecule has 1 amide bonds. The van der Waals surface area contributed by atoms with Gasteiger partial charge in [0.1, 0.15) is 5.75 Å². The summed E-state index contributed by atoms with van der Waals surface area (Å²) in [5.41, 5.74) is 0.203. The van der Waals surface area contributed by atoms with Crippen LogP contribution in [0.4, 0.5) is 0 Å². The highest BCUT2D eigenvalue weighted by Gasteiger charge is 2.09. The largest absolute Gasteiger partial charge is 0.507 e. The Hall–Kier alpha value is -2.08. The number of phenolic OH excluding ortho intramolecular Hbond substituents is 1. The van der Waals surface area contributed by atoms with Gasteiger partial charge in [-0.2, -0.15) is 5.90 Å². The molecule has 0 heterocycles. The summed E-state index contributed by atoms with van der Waals surface area (Å²) in [6, 6.07) is 6.23. The van der Waals surface area contributed by atoms with Gasteiger partial charge < -0.3 is 15.3 Å². The molecule has 1 aromatic carbocycles. The van der Waals surface area contributed by atoms with Crippen LogP contribution in [0.25, 0.3) is 0 Å². The summed E-state index contributed by atoms with van der Waals surface area (Å²) >= 11 is 0. The molecule has 0 aliphatic rings. The van der Waals surface area contributed by atoms with E-state index in [-0.39, 0.29) is 23.6 Å². The highest BCUT2D eigenvalue weighted by molar-refractivity contribution is 5.96. The van der Waals surface area contributed by atoms with Gasteiger partial charge in [0, 0.05) is 13.0 Å². The fourth-order valence-electron chi connectivity index (χ4n) is 1.25. The number of amides is 1. The number of carbonyl (C=O) groups excluding carboxylic acids is 2. The van der Waals surface area contributed by atoms with Gasteiger partial charge >= 0.3 is 5.97 Å². The van der Waals surface area contributed by atoms with Crippen LogP contribution in [0, 0.1) is 0 Å². The normalized spacial score (nSPS) is 9.71. The van der Waals surface area contributed by atoms with E-state index >= 15 is 0 Å². The Bertz CT molecular complexity index is 406. The Morgan fingerprint density at radius 3 is 2.71 bits per heavy atom. The van der Waals surface area contributed by atoms with Crippen LogP contribution in [0.5, 0.6) is 5.75 Å². The van der Waals surface area contributed by atoms with Crippen LogP contribution in [-0.2, 0) is 9.63 Å². The fourth-order valence-corrected chi connectivity index (χ4v) is 1.25. The van der Waals surface area contributed by atoms with Crippen molar-refractivity contribution in [1.29, 1.82) is 0 Å². The van der Waals surface area contributed by atoms with Crippen molar-refractivity contribution >= 4 is 11.9 Å². The van der Waals surface area contributed by atoms with Gasteiger partial charge in [0.15, 0.2) is 0 Å². The van der Waals surface area contributed by atoms with E-state index in [2.05, 4.69) is 16.1 Å². The highest BCUT2D eigenvalue weighted by atomic mass is 16.7. The van der Waals surface area contributed by atoms with Crippen molar-refractivity contribution in [3.05, 3.63) is 29.8 Å². The molecule has 0 saturated carbocycles. The number of hydrogen-bond donors (Lipinski definition) is 3. The van der Waals surface area contributed by atoms with Crippen LogP contribution >= 0.6 is 0 Å². The second-order valence-corrected chi connectivity index (χ2v) is 3.37. The fraction of sp³-hybridized carbons (Fsp3) is 0.273. The first-order chi connectivity index (χ1) is 8.15. The zero-order valence-corrected chi connectivity index (χ0v) is 9.18. The number of rotatable bonds is 5. The molecule has 0 atom stereocenters. The van der Waals surface area contributed by atoms with Gasteiger partial charge in [-0.1, -0.05) is 12.1 Å². The Balaban J connectivity index is 2.36. The zero-order valence-electron chi connectivity index (χ0n) is 9.18. The minimum absolute atomic E-state index is 0.0774.